The molecule has 0 atom stereocenters. The first-order chi connectivity index (χ1) is 6.63. The van der Waals surface area contributed by atoms with Crippen LogP contribution in [0, 0.1) is 5.92 Å². The van der Waals surface area contributed by atoms with Gasteiger partial charge in [-0.2, -0.15) is 0 Å². The number of carboxylic acid groups (broad SMARTS) is 1. The van der Waals surface area contributed by atoms with Gasteiger partial charge in [-0.25, -0.2) is 0 Å². The molecular weight excluding hydrogens is 184 g/mol. The van der Waals surface area contributed by atoms with Gasteiger partial charge in [0, 0.05) is 19.6 Å². The van der Waals surface area contributed by atoms with Crippen molar-refractivity contribution in [2.45, 2.75) is 13.3 Å². The number of hydrogen-bond acceptors (Lipinski definition) is 3. The summed E-state index contributed by atoms with van der Waals surface area (Å²) in [5.41, 5.74) is 0. The van der Waals surface area contributed by atoms with E-state index in [-0.39, 0.29) is 11.8 Å². The Labute approximate surface area is 83.1 Å². The van der Waals surface area contributed by atoms with E-state index in [9.17, 15) is 9.59 Å². The summed E-state index contributed by atoms with van der Waals surface area (Å²) in [5, 5.41) is 11.3. The molecule has 1 fully saturated rings. The van der Waals surface area contributed by atoms with Gasteiger partial charge < -0.3 is 10.4 Å². The number of carbonyl (C=O) groups excluding carboxylic acids is 1. The highest BCUT2D eigenvalue weighted by atomic mass is 16.4. The fourth-order valence-electron chi connectivity index (χ4n) is 1.38. The number of amides is 1. The van der Waals surface area contributed by atoms with Gasteiger partial charge in [0.15, 0.2) is 0 Å². The standard InChI is InChI=1S/C9H16N2O3/c1-2-3-10-8(12)6-11-4-7(5-11)9(13)14/h7H,2-6H2,1H3,(H,10,12)(H,13,14). The molecule has 0 aromatic carbocycles. The predicted octanol–water partition coefficient (Wildman–Crippen LogP) is -0.471. The summed E-state index contributed by atoms with van der Waals surface area (Å²) >= 11 is 0. The third kappa shape index (κ3) is 2.99. The van der Waals surface area contributed by atoms with Crippen molar-refractivity contribution in [3.05, 3.63) is 0 Å². The number of hydrogen-bond donors (Lipinski definition) is 2. The van der Waals surface area contributed by atoms with Crippen LogP contribution in [-0.2, 0) is 9.59 Å². The van der Waals surface area contributed by atoms with Crippen LogP contribution in [0.5, 0.6) is 0 Å². The molecule has 0 radical (unpaired) electrons. The largest absolute Gasteiger partial charge is 0.481 e. The Balaban J connectivity index is 2.10. The average Bonchev–Trinajstić information content (AvgIpc) is 2.06. The monoisotopic (exact) mass is 200 g/mol. The summed E-state index contributed by atoms with van der Waals surface area (Å²) in [6, 6.07) is 0. The topological polar surface area (TPSA) is 69.6 Å². The molecule has 14 heavy (non-hydrogen) atoms. The molecule has 0 aliphatic carbocycles. The third-order valence-electron chi connectivity index (χ3n) is 2.25. The lowest BCUT2D eigenvalue weighted by Crippen LogP contribution is -2.53. The zero-order chi connectivity index (χ0) is 10.6. The molecule has 2 N–H and O–H groups in total. The van der Waals surface area contributed by atoms with E-state index < -0.39 is 5.97 Å². The Hall–Kier alpha value is -1.10. The summed E-state index contributed by atoms with van der Waals surface area (Å²) in [4.78, 5) is 23.5. The SMILES string of the molecule is CCCNC(=O)CN1CC(C(=O)O)C1. The van der Waals surface area contributed by atoms with Crippen molar-refractivity contribution in [2.75, 3.05) is 26.2 Å². The number of likely N-dealkylation sites (tertiary alicyclic amines) is 1. The van der Waals surface area contributed by atoms with Crippen molar-refractivity contribution in [1.82, 2.24) is 10.2 Å². The molecule has 1 saturated heterocycles. The number of rotatable bonds is 5. The predicted molar refractivity (Wildman–Crippen MR) is 50.9 cm³/mol. The van der Waals surface area contributed by atoms with Gasteiger partial charge in [0.25, 0.3) is 0 Å². The van der Waals surface area contributed by atoms with Gasteiger partial charge >= 0.3 is 5.97 Å². The maximum atomic E-state index is 11.2. The van der Waals surface area contributed by atoms with Crippen molar-refractivity contribution in [1.29, 1.82) is 0 Å². The second-order valence-corrected chi connectivity index (χ2v) is 3.58. The van der Waals surface area contributed by atoms with E-state index in [4.69, 9.17) is 5.11 Å². The van der Waals surface area contributed by atoms with E-state index in [1.807, 2.05) is 11.8 Å². The highest BCUT2D eigenvalue weighted by Gasteiger charge is 2.33. The van der Waals surface area contributed by atoms with Gasteiger partial charge in [-0.3, -0.25) is 14.5 Å². The molecule has 0 saturated carbocycles. The lowest BCUT2D eigenvalue weighted by atomic mass is 10.0. The van der Waals surface area contributed by atoms with E-state index in [1.165, 1.54) is 0 Å². The Kier molecular flexibility index (Phi) is 3.88. The second-order valence-electron chi connectivity index (χ2n) is 3.58. The quantitative estimate of drug-likeness (QED) is 0.629. The van der Waals surface area contributed by atoms with Crippen LogP contribution >= 0.6 is 0 Å². The van der Waals surface area contributed by atoms with Crippen LogP contribution in [-0.4, -0.2) is 48.1 Å². The summed E-state index contributed by atoms with van der Waals surface area (Å²) in [6.07, 6.45) is 0.920. The minimum atomic E-state index is -0.768. The minimum absolute atomic E-state index is 0.0179. The first kappa shape index (κ1) is 11.0. The van der Waals surface area contributed by atoms with Gasteiger partial charge in [0.2, 0.25) is 5.91 Å². The Morgan fingerprint density at radius 1 is 1.50 bits per heavy atom. The first-order valence-corrected chi connectivity index (χ1v) is 4.85. The maximum Gasteiger partial charge on any atom is 0.309 e. The van der Waals surface area contributed by atoms with Crippen LogP contribution in [0.25, 0.3) is 0 Å². The van der Waals surface area contributed by atoms with E-state index in [0.29, 0.717) is 26.2 Å². The number of carboxylic acids is 1. The van der Waals surface area contributed by atoms with Crippen LogP contribution in [0.1, 0.15) is 13.3 Å². The van der Waals surface area contributed by atoms with Crippen molar-refractivity contribution in [3.8, 4) is 0 Å². The molecule has 5 heteroatoms. The molecule has 1 amide bonds. The van der Waals surface area contributed by atoms with Gasteiger partial charge in [0.05, 0.1) is 12.5 Å². The molecule has 80 valence electrons. The normalized spacial score (nSPS) is 17.5. The van der Waals surface area contributed by atoms with E-state index >= 15 is 0 Å². The molecule has 5 nitrogen and oxygen atoms in total. The van der Waals surface area contributed by atoms with E-state index in [1.54, 1.807) is 0 Å². The Bertz CT molecular complexity index is 224. The zero-order valence-electron chi connectivity index (χ0n) is 8.32. The second kappa shape index (κ2) is 4.95. The van der Waals surface area contributed by atoms with Crippen LogP contribution in [0.4, 0.5) is 0 Å². The first-order valence-electron chi connectivity index (χ1n) is 4.85. The van der Waals surface area contributed by atoms with Crippen LogP contribution in [0.3, 0.4) is 0 Å². The number of nitrogens with one attached hydrogen (secondary N) is 1. The Morgan fingerprint density at radius 3 is 2.64 bits per heavy atom. The number of aliphatic carboxylic acids is 1. The lowest BCUT2D eigenvalue weighted by Gasteiger charge is -2.35. The van der Waals surface area contributed by atoms with Gasteiger partial charge in [0.1, 0.15) is 0 Å². The molecular formula is C9H16N2O3. The summed E-state index contributed by atoms with van der Waals surface area (Å²) in [6.45, 7) is 3.99. The number of carbonyl (C=O) groups is 2. The lowest BCUT2D eigenvalue weighted by molar-refractivity contribution is -0.148. The van der Waals surface area contributed by atoms with Gasteiger partial charge in [-0.05, 0) is 6.42 Å². The molecule has 0 spiro atoms. The molecule has 1 aliphatic heterocycles. The Morgan fingerprint density at radius 2 is 2.14 bits per heavy atom. The third-order valence-corrected chi connectivity index (χ3v) is 2.25. The van der Waals surface area contributed by atoms with Crippen LogP contribution in [0.15, 0.2) is 0 Å². The van der Waals surface area contributed by atoms with Crippen LogP contribution < -0.4 is 5.32 Å². The van der Waals surface area contributed by atoms with Gasteiger partial charge in [-0.15, -0.1) is 0 Å². The van der Waals surface area contributed by atoms with Crippen molar-refractivity contribution in [3.63, 3.8) is 0 Å². The molecule has 1 heterocycles. The molecule has 0 unspecified atom stereocenters. The fourth-order valence-corrected chi connectivity index (χ4v) is 1.38. The minimum Gasteiger partial charge on any atom is -0.481 e. The zero-order valence-corrected chi connectivity index (χ0v) is 8.32. The smallest absolute Gasteiger partial charge is 0.309 e. The van der Waals surface area contributed by atoms with E-state index in [2.05, 4.69) is 5.32 Å². The number of nitrogens with zero attached hydrogens (tertiary/aromatic N) is 1. The highest BCUT2D eigenvalue weighted by molar-refractivity contribution is 5.78. The van der Waals surface area contributed by atoms with Crippen molar-refractivity contribution in [2.24, 2.45) is 5.92 Å². The molecule has 0 bridgehead atoms. The van der Waals surface area contributed by atoms with Crippen LogP contribution in [0.2, 0.25) is 0 Å². The van der Waals surface area contributed by atoms with Crippen molar-refractivity contribution >= 4 is 11.9 Å². The van der Waals surface area contributed by atoms with Crippen molar-refractivity contribution < 1.29 is 14.7 Å². The average molecular weight is 200 g/mol. The summed E-state index contributed by atoms with van der Waals surface area (Å²) < 4.78 is 0. The highest BCUT2D eigenvalue weighted by Crippen LogP contribution is 2.14. The summed E-state index contributed by atoms with van der Waals surface area (Å²) in [7, 11) is 0. The molecule has 1 aliphatic rings. The molecule has 0 aromatic heterocycles. The summed E-state index contributed by atoms with van der Waals surface area (Å²) in [5.74, 6) is -1.07. The fraction of sp³-hybridized carbons (Fsp3) is 0.778. The molecule has 1 rings (SSSR count). The van der Waals surface area contributed by atoms with Gasteiger partial charge in [-0.1, -0.05) is 6.92 Å². The molecule has 0 aromatic rings. The maximum absolute atomic E-state index is 11.2. The van der Waals surface area contributed by atoms with E-state index in [0.717, 1.165) is 6.42 Å².